The first-order chi connectivity index (χ1) is 30.1. The van der Waals surface area contributed by atoms with Crippen molar-refractivity contribution in [2.24, 2.45) is 5.92 Å². The van der Waals surface area contributed by atoms with E-state index in [1.165, 1.54) is 7.11 Å². The van der Waals surface area contributed by atoms with Crippen LogP contribution in [0.5, 0.6) is 5.75 Å². The highest BCUT2D eigenvalue weighted by atomic mass is 16.6. The number of hydrogen-bond acceptors (Lipinski definition) is 10. The molecule has 1 heterocycles. The number of aromatic amines is 1. The largest absolute Gasteiger partial charge is 0.488 e. The van der Waals surface area contributed by atoms with E-state index in [0.29, 0.717) is 17.7 Å². The maximum atomic E-state index is 13.9. The number of para-hydroxylation sites is 1. The first kappa shape index (κ1) is 47.2. The van der Waals surface area contributed by atoms with Gasteiger partial charge in [-0.25, -0.2) is 19.2 Å². The number of rotatable bonds is 19. The van der Waals surface area contributed by atoms with E-state index in [-0.39, 0.29) is 38.6 Å². The maximum absolute atomic E-state index is 13.9. The van der Waals surface area contributed by atoms with Crippen molar-refractivity contribution in [3.8, 4) is 16.9 Å². The lowest BCUT2D eigenvalue weighted by molar-refractivity contribution is -0.146. The second kappa shape index (κ2) is 22.3. The highest BCUT2D eigenvalue weighted by molar-refractivity contribution is 5.98. The average molecular weight is 863 g/mol. The van der Waals surface area contributed by atoms with Gasteiger partial charge in [-0.05, 0) is 68.4 Å². The van der Waals surface area contributed by atoms with Crippen molar-refractivity contribution < 1.29 is 47.7 Å². The Bertz CT molecular complexity index is 2320. The lowest BCUT2D eigenvalue weighted by atomic mass is 9.96. The van der Waals surface area contributed by atoms with Gasteiger partial charge in [-0.15, -0.1) is 0 Å². The lowest BCUT2D eigenvalue weighted by Gasteiger charge is -2.25. The van der Waals surface area contributed by atoms with Crippen LogP contribution >= 0.6 is 0 Å². The van der Waals surface area contributed by atoms with Crippen molar-refractivity contribution in [3.63, 3.8) is 0 Å². The Kier molecular flexibility index (Phi) is 16.7. The van der Waals surface area contributed by atoms with Crippen molar-refractivity contribution >= 4 is 40.9 Å². The van der Waals surface area contributed by atoms with Gasteiger partial charge < -0.3 is 44.6 Å². The van der Waals surface area contributed by atoms with Crippen molar-refractivity contribution in [2.75, 3.05) is 13.7 Å². The van der Waals surface area contributed by atoms with Crippen molar-refractivity contribution in [1.29, 1.82) is 0 Å². The quantitative estimate of drug-likeness (QED) is 0.0470. The van der Waals surface area contributed by atoms with Crippen molar-refractivity contribution in [3.05, 3.63) is 126 Å². The third kappa shape index (κ3) is 14.1. The van der Waals surface area contributed by atoms with Crippen LogP contribution in [0.2, 0.25) is 0 Å². The van der Waals surface area contributed by atoms with Crippen LogP contribution in [0, 0.1) is 5.92 Å². The summed E-state index contributed by atoms with van der Waals surface area (Å²) in [6.07, 6.45) is 0.714. The molecule has 3 atom stereocenters. The van der Waals surface area contributed by atoms with E-state index in [2.05, 4.69) is 20.9 Å². The first-order valence-electron chi connectivity index (χ1n) is 21.0. The van der Waals surface area contributed by atoms with Gasteiger partial charge >= 0.3 is 24.1 Å². The molecule has 14 nitrogen and oxygen atoms in total. The molecular weight excluding hydrogens is 805 g/mol. The Labute approximate surface area is 368 Å². The molecule has 0 aliphatic rings. The number of carbonyl (C=O) groups is 5. The number of esters is 2. The summed E-state index contributed by atoms with van der Waals surface area (Å²) in [7, 11) is 1.26. The molecule has 4 aromatic carbocycles. The molecule has 5 aromatic rings. The summed E-state index contributed by atoms with van der Waals surface area (Å²) in [6, 6.07) is 27.1. The second-order valence-corrected chi connectivity index (χ2v) is 16.5. The van der Waals surface area contributed by atoms with Crippen LogP contribution in [0.3, 0.4) is 0 Å². The molecule has 1 aromatic heterocycles. The molecular formula is C49H58N4O10. The second-order valence-electron chi connectivity index (χ2n) is 16.5. The molecule has 0 aliphatic carbocycles. The Morgan fingerprint density at radius 3 is 1.97 bits per heavy atom. The third-order valence-corrected chi connectivity index (χ3v) is 9.83. The molecule has 3 amide bonds. The Morgan fingerprint density at radius 1 is 0.667 bits per heavy atom. The number of carbonyl (C=O) groups excluding carboxylic acids is 5. The van der Waals surface area contributed by atoms with Gasteiger partial charge in [-0.1, -0.05) is 105 Å². The van der Waals surface area contributed by atoms with Gasteiger partial charge in [0, 0.05) is 35.6 Å². The zero-order valence-corrected chi connectivity index (χ0v) is 36.9. The summed E-state index contributed by atoms with van der Waals surface area (Å²) in [5, 5.41) is 8.98. The van der Waals surface area contributed by atoms with E-state index in [1.807, 2.05) is 111 Å². The zero-order valence-electron chi connectivity index (χ0n) is 36.9. The number of aromatic nitrogens is 1. The van der Waals surface area contributed by atoms with E-state index in [4.69, 9.17) is 23.7 Å². The van der Waals surface area contributed by atoms with Gasteiger partial charge in [0.05, 0.1) is 19.2 Å². The van der Waals surface area contributed by atoms with Gasteiger partial charge in [0.2, 0.25) is 5.91 Å². The summed E-state index contributed by atoms with van der Waals surface area (Å²) in [5.74, 6) is -1.22. The number of fused-ring (bicyclic) bond motifs is 1. The smallest absolute Gasteiger partial charge is 0.408 e. The summed E-state index contributed by atoms with van der Waals surface area (Å²) >= 11 is 0. The molecule has 0 fully saturated rings. The molecule has 0 radical (unpaired) electrons. The molecule has 0 aliphatic heterocycles. The number of methoxy groups -OCH3 is 1. The first-order valence-corrected chi connectivity index (χ1v) is 21.0. The highest BCUT2D eigenvalue weighted by Crippen LogP contribution is 2.37. The number of amides is 3. The molecule has 0 bridgehead atoms. The highest BCUT2D eigenvalue weighted by Gasteiger charge is 2.30. The predicted molar refractivity (Wildman–Crippen MR) is 239 cm³/mol. The molecule has 4 N–H and O–H groups in total. The minimum absolute atomic E-state index is 0.0233. The molecule has 14 heteroatoms. The van der Waals surface area contributed by atoms with Crippen LogP contribution < -0.4 is 20.7 Å². The lowest BCUT2D eigenvalue weighted by Crippen LogP contribution is -2.53. The summed E-state index contributed by atoms with van der Waals surface area (Å²) in [4.78, 5) is 69.1. The van der Waals surface area contributed by atoms with E-state index in [9.17, 15) is 24.0 Å². The van der Waals surface area contributed by atoms with Crippen LogP contribution in [0.4, 0.5) is 9.59 Å². The van der Waals surface area contributed by atoms with Crippen LogP contribution in [0.15, 0.2) is 103 Å². The monoisotopic (exact) mass is 862 g/mol. The molecule has 0 unspecified atom stereocenters. The molecule has 0 spiro atoms. The predicted octanol–water partition coefficient (Wildman–Crippen LogP) is 7.95. The molecule has 334 valence electrons. The topological polar surface area (TPSA) is 183 Å². The molecule has 5 rings (SSSR count). The fourth-order valence-corrected chi connectivity index (χ4v) is 6.93. The van der Waals surface area contributed by atoms with Crippen molar-refractivity contribution in [2.45, 2.75) is 97.7 Å². The number of ether oxygens (including phenoxy) is 5. The van der Waals surface area contributed by atoms with E-state index in [0.717, 1.165) is 38.7 Å². The summed E-state index contributed by atoms with van der Waals surface area (Å²) < 4.78 is 27.8. The van der Waals surface area contributed by atoms with E-state index >= 15 is 0 Å². The van der Waals surface area contributed by atoms with Gasteiger partial charge in [-0.2, -0.15) is 0 Å². The minimum Gasteiger partial charge on any atom is -0.488 e. The van der Waals surface area contributed by atoms with Gasteiger partial charge in [0.15, 0.2) is 0 Å². The number of hydrogen-bond donors (Lipinski definition) is 4. The summed E-state index contributed by atoms with van der Waals surface area (Å²) in [5.41, 5.74) is 4.56. The van der Waals surface area contributed by atoms with E-state index in [1.54, 1.807) is 33.9 Å². The van der Waals surface area contributed by atoms with Gasteiger partial charge in [0.25, 0.3) is 0 Å². The average Bonchev–Trinajstić information content (AvgIpc) is 3.66. The zero-order chi connectivity index (χ0) is 45.5. The Balaban J connectivity index is 1.47. The molecule has 63 heavy (non-hydrogen) atoms. The molecule has 0 saturated carbocycles. The number of nitrogens with one attached hydrogen (secondary N) is 4. The van der Waals surface area contributed by atoms with Crippen LogP contribution in [-0.4, -0.2) is 72.5 Å². The van der Waals surface area contributed by atoms with Crippen molar-refractivity contribution in [1.82, 2.24) is 20.9 Å². The Morgan fingerprint density at radius 2 is 1.33 bits per heavy atom. The Hall–Kier alpha value is -6.83. The van der Waals surface area contributed by atoms with Crippen LogP contribution in [0.1, 0.15) is 70.2 Å². The summed E-state index contributed by atoms with van der Waals surface area (Å²) in [6.45, 7) is 11.1. The van der Waals surface area contributed by atoms with Crippen LogP contribution in [-0.2, 0) is 59.4 Å². The normalized spacial score (nSPS) is 12.7. The minimum atomic E-state index is -1.14. The fraction of sp³-hybridized carbons (Fsp3) is 0.367. The maximum Gasteiger partial charge on any atom is 0.408 e. The number of H-pyrrole nitrogens is 1. The van der Waals surface area contributed by atoms with Gasteiger partial charge in [-0.3, -0.25) is 4.79 Å². The molecule has 0 saturated heterocycles. The standard InChI is InChI=1S/C49H58N4O10/c1-8-60-46(56)41(53-47(57)62-30-33-18-13-10-14-19-33)27-35-28-50-43-36(35)20-15-21-38(43)37-23-22-34(26-42(37)61-29-32-16-11-9-12-17-32)25-39(52-48(58)63-49(4,5)6)44(54)51-40(24-31(2)3)45(55)59-7/h9-23,26,28,31,39-41,50H,8,24-25,27,29-30H2,1-7H3,(H,51,54)(H,52,58)(H,53,57)/t39-,40+,41+/m0/s1. The van der Waals surface area contributed by atoms with Crippen LogP contribution in [0.25, 0.3) is 22.0 Å². The van der Waals surface area contributed by atoms with Gasteiger partial charge in [0.1, 0.15) is 42.7 Å². The SMILES string of the molecule is CCOC(=O)[C@@H](Cc1c[nH]c2c(-c3ccc(C[C@H](NC(=O)OC(C)(C)C)C(=O)N[C@H](CC(C)C)C(=O)OC)cc3OCc3ccccc3)cccc12)NC(=O)OCc1ccccc1. The number of alkyl carbamates (subject to hydrolysis) is 2. The third-order valence-electron chi connectivity index (χ3n) is 9.83. The van der Waals surface area contributed by atoms with E-state index < -0.39 is 53.8 Å². The number of benzene rings is 4. The fourth-order valence-electron chi connectivity index (χ4n) is 6.93.